The van der Waals surface area contributed by atoms with E-state index in [2.05, 4.69) is 9.97 Å². The molecular formula is C12H18N4O3. The van der Waals surface area contributed by atoms with Crippen molar-refractivity contribution in [3.05, 3.63) is 15.9 Å². The molecule has 1 fully saturated rings. The van der Waals surface area contributed by atoms with Crippen molar-refractivity contribution in [2.75, 3.05) is 12.3 Å². The topological polar surface area (TPSA) is 104 Å². The standard InChI is InChI=1S/C12H18N4O3/c1-2-19-12-9(16(17)18)10(13)14-11(15-12)8-6-4-3-5-7-8/h8H,2-7H2,1H3,(H2,13,14,15). The number of anilines is 1. The van der Waals surface area contributed by atoms with Crippen molar-refractivity contribution in [2.45, 2.75) is 44.9 Å². The maximum absolute atomic E-state index is 11.0. The van der Waals surface area contributed by atoms with Crippen LogP contribution in [0.2, 0.25) is 0 Å². The van der Waals surface area contributed by atoms with Crippen molar-refractivity contribution in [1.82, 2.24) is 9.97 Å². The van der Waals surface area contributed by atoms with Crippen molar-refractivity contribution >= 4 is 11.5 Å². The summed E-state index contributed by atoms with van der Waals surface area (Å²) in [6.45, 7) is 2.06. The van der Waals surface area contributed by atoms with Gasteiger partial charge in [0.1, 0.15) is 5.82 Å². The van der Waals surface area contributed by atoms with Gasteiger partial charge in [-0.3, -0.25) is 10.1 Å². The summed E-state index contributed by atoms with van der Waals surface area (Å²) in [5.41, 5.74) is 5.36. The Hall–Kier alpha value is -1.92. The average molecular weight is 266 g/mol. The molecule has 1 aliphatic rings. The molecule has 0 aromatic carbocycles. The van der Waals surface area contributed by atoms with Crippen molar-refractivity contribution < 1.29 is 9.66 Å². The summed E-state index contributed by atoms with van der Waals surface area (Å²) >= 11 is 0. The number of hydrogen-bond acceptors (Lipinski definition) is 6. The van der Waals surface area contributed by atoms with Crippen molar-refractivity contribution in [3.8, 4) is 5.88 Å². The Labute approximate surface area is 111 Å². The van der Waals surface area contributed by atoms with E-state index in [1.807, 2.05) is 0 Å². The Morgan fingerprint density at radius 1 is 1.37 bits per heavy atom. The van der Waals surface area contributed by atoms with E-state index in [-0.39, 0.29) is 23.3 Å². The minimum Gasteiger partial charge on any atom is -0.473 e. The third kappa shape index (κ3) is 2.91. The van der Waals surface area contributed by atoms with Gasteiger partial charge in [0.15, 0.2) is 0 Å². The van der Waals surface area contributed by atoms with Crippen LogP contribution in [-0.4, -0.2) is 21.5 Å². The quantitative estimate of drug-likeness (QED) is 0.662. The fraction of sp³-hybridized carbons (Fsp3) is 0.667. The summed E-state index contributed by atoms with van der Waals surface area (Å²) < 4.78 is 5.24. The first-order valence-corrected chi connectivity index (χ1v) is 6.58. The first kappa shape index (κ1) is 13.5. The smallest absolute Gasteiger partial charge is 0.372 e. The first-order valence-electron chi connectivity index (χ1n) is 6.58. The Kier molecular flexibility index (Phi) is 4.13. The molecule has 2 rings (SSSR count). The molecule has 0 aliphatic heterocycles. The number of nitro groups is 1. The Morgan fingerprint density at radius 2 is 2.05 bits per heavy atom. The average Bonchev–Trinajstić information content (AvgIpc) is 2.39. The molecule has 1 aliphatic carbocycles. The Balaban J connectivity index is 2.38. The molecule has 0 spiro atoms. The van der Waals surface area contributed by atoms with Gasteiger partial charge < -0.3 is 10.5 Å². The predicted molar refractivity (Wildman–Crippen MR) is 70.1 cm³/mol. The van der Waals surface area contributed by atoms with Gasteiger partial charge in [-0.2, -0.15) is 4.98 Å². The van der Waals surface area contributed by atoms with Crippen LogP contribution in [0.5, 0.6) is 5.88 Å². The molecule has 0 atom stereocenters. The molecule has 1 aromatic rings. The molecule has 0 unspecified atom stereocenters. The van der Waals surface area contributed by atoms with Crippen LogP contribution in [0, 0.1) is 10.1 Å². The summed E-state index contributed by atoms with van der Waals surface area (Å²) in [7, 11) is 0. The Morgan fingerprint density at radius 3 is 2.63 bits per heavy atom. The van der Waals surface area contributed by atoms with Crippen LogP contribution >= 0.6 is 0 Å². The molecule has 0 radical (unpaired) electrons. The second kappa shape index (κ2) is 5.81. The third-order valence-corrected chi connectivity index (χ3v) is 3.33. The highest BCUT2D eigenvalue weighted by atomic mass is 16.6. The van der Waals surface area contributed by atoms with Crippen LogP contribution in [0.3, 0.4) is 0 Å². The summed E-state index contributed by atoms with van der Waals surface area (Å²) in [5.74, 6) is 0.687. The zero-order valence-electron chi connectivity index (χ0n) is 11.0. The minimum atomic E-state index is -0.592. The van der Waals surface area contributed by atoms with Gasteiger partial charge in [-0.1, -0.05) is 19.3 Å². The largest absolute Gasteiger partial charge is 0.473 e. The highest BCUT2D eigenvalue weighted by Crippen LogP contribution is 2.36. The number of nitrogen functional groups attached to an aromatic ring is 1. The normalized spacial score (nSPS) is 16.3. The van der Waals surface area contributed by atoms with E-state index in [4.69, 9.17) is 10.5 Å². The monoisotopic (exact) mass is 266 g/mol. The van der Waals surface area contributed by atoms with E-state index in [1.165, 1.54) is 6.42 Å². The number of ether oxygens (including phenoxy) is 1. The molecule has 7 nitrogen and oxygen atoms in total. The van der Waals surface area contributed by atoms with Crippen LogP contribution < -0.4 is 10.5 Å². The molecule has 1 heterocycles. The van der Waals surface area contributed by atoms with Crippen LogP contribution in [0.25, 0.3) is 0 Å². The molecule has 0 bridgehead atoms. The number of hydrogen-bond donors (Lipinski definition) is 1. The first-order chi connectivity index (χ1) is 9.13. The molecule has 0 saturated heterocycles. The minimum absolute atomic E-state index is 0.0134. The lowest BCUT2D eigenvalue weighted by Gasteiger charge is -2.20. The predicted octanol–water partition coefficient (Wildman–Crippen LogP) is 2.41. The number of nitrogens with zero attached hydrogens (tertiary/aromatic N) is 3. The maximum Gasteiger partial charge on any atom is 0.372 e. The fourth-order valence-corrected chi connectivity index (χ4v) is 2.42. The van der Waals surface area contributed by atoms with Gasteiger partial charge in [-0.15, -0.1) is 0 Å². The van der Waals surface area contributed by atoms with Gasteiger partial charge in [-0.05, 0) is 19.8 Å². The molecule has 7 heteroatoms. The summed E-state index contributed by atoms with van der Waals surface area (Å²) in [6.07, 6.45) is 5.49. The molecule has 2 N–H and O–H groups in total. The Bertz CT molecular complexity index is 472. The van der Waals surface area contributed by atoms with Crippen molar-refractivity contribution in [1.29, 1.82) is 0 Å². The zero-order valence-corrected chi connectivity index (χ0v) is 11.0. The van der Waals surface area contributed by atoms with E-state index in [1.54, 1.807) is 6.92 Å². The van der Waals surface area contributed by atoms with Gasteiger partial charge in [0.05, 0.1) is 11.5 Å². The van der Waals surface area contributed by atoms with Crippen LogP contribution in [0.15, 0.2) is 0 Å². The van der Waals surface area contributed by atoms with Gasteiger partial charge in [-0.25, -0.2) is 4.98 Å². The van der Waals surface area contributed by atoms with Crippen molar-refractivity contribution in [2.24, 2.45) is 0 Å². The van der Waals surface area contributed by atoms with Gasteiger partial charge in [0.25, 0.3) is 5.88 Å². The summed E-state index contributed by atoms with van der Waals surface area (Å²) in [5, 5.41) is 11.0. The number of nitrogens with two attached hydrogens (primary N) is 1. The lowest BCUT2D eigenvalue weighted by atomic mass is 9.89. The molecular weight excluding hydrogens is 248 g/mol. The zero-order chi connectivity index (χ0) is 13.8. The number of rotatable bonds is 4. The fourth-order valence-electron chi connectivity index (χ4n) is 2.42. The van der Waals surface area contributed by atoms with Gasteiger partial charge >= 0.3 is 5.69 Å². The van der Waals surface area contributed by atoms with E-state index in [9.17, 15) is 10.1 Å². The SMILES string of the molecule is CCOc1nc(C2CCCCC2)nc(N)c1[N+](=O)[O-]. The van der Waals surface area contributed by atoms with Crippen LogP contribution in [-0.2, 0) is 0 Å². The summed E-state index contributed by atoms with van der Waals surface area (Å²) in [6, 6.07) is 0. The highest BCUT2D eigenvalue weighted by Gasteiger charge is 2.27. The second-order valence-electron chi connectivity index (χ2n) is 4.65. The van der Waals surface area contributed by atoms with E-state index >= 15 is 0 Å². The van der Waals surface area contributed by atoms with Crippen molar-refractivity contribution in [3.63, 3.8) is 0 Å². The number of aromatic nitrogens is 2. The molecule has 1 saturated carbocycles. The third-order valence-electron chi connectivity index (χ3n) is 3.33. The summed E-state index contributed by atoms with van der Waals surface area (Å²) in [4.78, 5) is 18.7. The van der Waals surface area contributed by atoms with Gasteiger partial charge in [0, 0.05) is 5.92 Å². The molecule has 19 heavy (non-hydrogen) atoms. The highest BCUT2D eigenvalue weighted by molar-refractivity contribution is 5.58. The molecule has 104 valence electrons. The molecule has 0 amide bonds. The lowest BCUT2D eigenvalue weighted by Crippen LogP contribution is -2.13. The van der Waals surface area contributed by atoms with Crippen LogP contribution in [0.4, 0.5) is 11.5 Å². The molecule has 1 aromatic heterocycles. The van der Waals surface area contributed by atoms with Crippen LogP contribution in [0.1, 0.15) is 50.8 Å². The van der Waals surface area contributed by atoms with E-state index < -0.39 is 4.92 Å². The maximum atomic E-state index is 11.0. The lowest BCUT2D eigenvalue weighted by molar-refractivity contribution is -0.385. The van der Waals surface area contributed by atoms with E-state index in [0.29, 0.717) is 12.4 Å². The second-order valence-corrected chi connectivity index (χ2v) is 4.65. The van der Waals surface area contributed by atoms with Gasteiger partial charge in [0.2, 0.25) is 5.82 Å². The van der Waals surface area contributed by atoms with E-state index in [0.717, 1.165) is 25.7 Å².